The van der Waals surface area contributed by atoms with Crippen molar-refractivity contribution in [1.82, 2.24) is 15.5 Å². The van der Waals surface area contributed by atoms with Gasteiger partial charge >= 0.3 is 12.1 Å². The van der Waals surface area contributed by atoms with Crippen LogP contribution in [0, 0.1) is 6.92 Å². The Bertz CT molecular complexity index is 952. The Hall–Kier alpha value is -3.63. The van der Waals surface area contributed by atoms with Crippen LogP contribution < -0.4 is 16.4 Å². The Balaban J connectivity index is 2.42. The van der Waals surface area contributed by atoms with Crippen molar-refractivity contribution in [3.8, 4) is 0 Å². The molecule has 0 aliphatic heterocycles. The number of ether oxygens (including phenoxy) is 2. The van der Waals surface area contributed by atoms with Crippen LogP contribution in [-0.4, -0.2) is 66.0 Å². The van der Waals surface area contributed by atoms with Gasteiger partial charge in [0, 0.05) is 6.04 Å². The van der Waals surface area contributed by atoms with Gasteiger partial charge in [-0.1, -0.05) is 29.8 Å². The summed E-state index contributed by atoms with van der Waals surface area (Å²) in [7, 11) is 1.20. The molecule has 4 N–H and O–H groups in total. The lowest BCUT2D eigenvalue weighted by Crippen LogP contribution is -2.55. The normalized spacial score (nSPS) is 14.8. The summed E-state index contributed by atoms with van der Waals surface area (Å²) in [5.74, 6) is -2.72. The molecule has 1 aliphatic carbocycles. The molecule has 0 spiro atoms. The van der Waals surface area contributed by atoms with Crippen molar-refractivity contribution in [1.29, 1.82) is 0 Å². The standard InChI is InChI=1S/C24H34N4O7/c1-14-6-8-15(9-7-14)20(21(31)26-13-19(30)34-5)28(16-10-11-16)22(32)17(12-18(25)29)27-23(33)35-24(2,3)4/h6-9,16-17,20H,10-13H2,1-5H3,(H2,25,29)(H,26,31)(H,27,33). The van der Waals surface area contributed by atoms with E-state index in [-0.39, 0.29) is 12.6 Å². The first-order chi connectivity index (χ1) is 16.3. The fourth-order valence-corrected chi connectivity index (χ4v) is 3.42. The van der Waals surface area contributed by atoms with Crippen LogP contribution in [-0.2, 0) is 28.7 Å². The van der Waals surface area contributed by atoms with Crippen molar-refractivity contribution in [3.63, 3.8) is 0 Å². The minimum absolute atomic E-state index is 0.298. The number of methoxy groups -OCH3 is 1. The van der Waals surface area contributed by atoms with Gasteiger partial charge in [-0.2, -0.15) is 0 Å². The zero-order chi connectivity index (χ0) is 26.3. The summed E-state index contributed by atoms with van der Waals surface area (Å²) >= 11 is 0. The number of carbonyl (C=O) groups is 5. The molecule has 11 heteroatoms. The number of carbonyl (C=O) groups excluding carboxylic acids is 5. The molecule has 35 heavy (non-hydrogen) atoms. The fraction of sp³-hybridized carbons (Fsp3) is 0.542. The molecule has 0 radical (unpaired) electrons. The number of rotatable bonds is 10. The highest BCUT2D eigenvalue weighted by molar-refractivity contribution is 5.95. The lowest BCUT2D eigenvalue weighted by atomic mass is 10.0. The maximum absolute atomic E-state index is 13.7. The summed E-state index contributed by atoms with van der Waals surface area (Å²) < 4.78 is 9.82. The maximum atomic E-state index is 13.7. The number of hydrogen-bond acceptors (Lipinski definition) is 7. The third-order valence-corrected chi connectivity index (χ3v) is 5.14. The van der Waals surface area contributed by atoms with Gasteiger partial charge in [0.2, 0.25) is 17.7 Å². The predicted molar refractivity (Wildman–Crippen MR) is 126 cm³/mol. The highest BCUT2D eigenvalue weighted by Gasteiger charge is 2.44. The van der Waals surface area contributed by atoms with Crippen molar-refractivity contribution < 1.29 is 33.4 Å². The third-order valence-electron chi connectivity index (χ3n) is 5.14. The van der Waals surface area contributed by atoms with E-state index in [0.717, 1.165) is 5.56 Å². The number of esters is 1. The quantitative estimate of drug-likeness (QED) is 0.414. The maximum Gasteiger partial charge on any atom is 0.408 e. The molecule has 1 aliphatic rings. The lowest BCUT2D eigenvalue weighted by molar-refractivity contribution is -0.145. The van der Waals surface area contributed by atoms with Crippen LogP contribution in [0.2, 0.25) is 0 Å². The molecule has 0 aromatic heterocycles. The zero-order valence-electron chi connectivity index (χ0n) is 20.8. The molecule has 2 atom stereocenters. The average Bonchev–Trinajstić information content (AvgIpc) is 3.58. The molecule has 11 nitrogen and oxygen atoms in total. The van der Waals surface area contributed by atoms with Crippen LogP contribution in [0.3, 0.4) is 0 Å². The molecular formula is C24H34N4O7. The van der Waals surface area contributed by atoms with Gasteiger partial charge in [-0.15, -0.1) is 0 Å². The van der Waals surface area contributed by atoms with Crippen molar-refractivity contribution >= 4 is 29.8 Å². The molecule has 0 bridgehead atoms. The predicted octanol–water partition coefficient (Wildman–Crippen LogP) is 1.09. The largest absolute Gasteiger partial charge is 0.468 e. The average molecular weight is 491 g/mol. The van der Waals surface area contributed by atoms with Crippen LogP contribution in [0.1, 0.15) is 57.2 Å². The minimum Gasteiger partial charge on any atom is -0.468 e. The van der Waals surface area contributed by atoms with E-state index >= 15 is 0 Å². The second kappa shape index (κ2) is 11.7. The van der Waals surface area contributed by atoms with E-state index in [1.807, 2.05) is 6.92 Å². The lowest BCUT2D eigenvalue weighted by Gasteiger charge is -2.34. The fourth-order valence-electron chi connectivity index (χ4n) is 3.42. The van der Waals surface area contributed by atoms with E-state index in [2.05, 4.69) is 15.4 Å². The Labute approximate surface area is 204 Å². The van der Waals surface area contributed by atoms with Crippen molar-refractivity contribution in [3.05, 3.63) is 35.4 Å². The summed E-state index contributed by atoms with van der Waals surface area (Å²) in [6.45, 7) is 6.48. The molecule has 1 fully saturated rings. The van der Waals surface area contributed by atoms with E-state index in [9.17, 15) is 24.0 Å². The highest BCUT2D eigenvalue weighted by Crippen LogP contribution is 2.36. The number of hydrogen-bond donors (Lipinski definition) is 3. The van der Waals surface area contributed by atoms with Gasteiger partial charge in [0.25, 0.3) is 0 Å². The number of primary amides is 1. The molecule has 1 aromatic carbocycles. The van der Waals surface area contributed by atoms with Gasteiger partial charge in [-0.05, 0) is 46.1 Å². The number of alkyl carbamates (subject to hydrolysis) is 1. The first-order valence-corrected chi connectivity index (χ1v) is 11.3. The van der Waals surface area contributed by atoms with Crippen LogP contribution >= 0.6 is 0 Å². The SMILES string of the molecule is COC(=O)CNC(=O)C(c1ccc(C)cc1)N(C(=O)C(CC(N)=O)NC(=O)OC(C)(C)C)C1CC1. The number of benzene rings is 1. The zero-order valence-corrected chi connectivity index (χ0v) is 20.8. The molecule has 1 saturated carbocycles. The number of aryl methyl sites for hydroxylation is 1. The van der Waals surface area contributed by atoms with Gasteiger partial charge in [0.05, 0.1) is 13.5 Å². The van der Waals surface area contributed by atoms with E-state index in [1.54, 1.807) is 45.0 Å². The highest BCUT2D eigenvalue weighted by atomic mass is 16.6. The Morgan fingerprint density at radius 3 is 2.20 bits per heavy atom. The molecule has 192 valence electrons. The monoisotopic (exact) mass is 490 g/mol. The second-order valence-corrected chi connectivity index (χ2v) is 9.45. The summed E-state index contributed by atoms with van der Waals surface area (Å²) in [5, 5.41) is 4.93. The smallest absolute Gasteiger partial charge is 0.408 e. The van der Waals surface area contributed by atoms with Gasteiger partial charge in [0.1, 0.15) is 24.2 Å². The Morgan fingerprint density at radius 2 is 1.71 bits per heavy atom. The minimum atomic E-state index is -1.34. The summed E-state index contributed by atoms with van der Waals surface area (Å²) in [6.07, 6.45) is -0.108. The first-order valence-electron chi connectivity index (χ1n) is 11.3. The van der Waals surface area contributed by atoms with Gasteiger partial charge in [-0.3, -0.25) is 19.2 Å². The summed E-state index contributed by atoms with van der Waals surface area (Å²) in [5.41, 5.74) is 5.98. The number of amides is 4. The Morgan fingerprint density at radius 1 is 1.11 bits per heavy atom. The van der Waals surface area contributed by atoms with Crippen molar-refractivity contribution in [2.75, 3.05) is 13.7 Å². The molecule has 4 amide bonds. The van der Waals surface area contributed by atoms with E-state index in [1.165, 1.54) is 12.0 Å². The number of nitrogens with zero attached hydrogens (tertiary/aromatic N) is 1. The van der Waals surface area contributed by atoms with Gasteiger partial charge in [0.15, 0.2) is 0 Å². The first kappa shape index (κ1) is 27.6. The van der Waals surface area contributed by atoms with Gasteiger partial charge in [-0.25, -0.2) is 4.79 Å². The summed E-state index contributed by atoms with van der Waals surface area (Å²) in [6, 6.07) is 4.26. The van der Waals surface area contributed by atoms with E-state index < -0.39 is 53.9 Å². The topological polar surface area (TPSA) is 157 Å². The molecule has 0 heterocycles. The van der Waals surface area contributed by atoms with Crippen molar-refractivity contribution in [2.45, 2.75) is 70.7 Å². The van der Waals surface area contributed by atoms with Crippen LogP contribution in [0.15, 0.2) is 24.3 Å². The molecule has 2 unspecified atom stereocenters. The molecule has 2 rings (SSSR count). The molecule has 0 saturated heterocycles. The summed E-state index contributed by atoms with van der Waals surface area (Å²) in [4.78, 5) is 64.1. The number of nitrogens with one attached hydrogen (secondary N) is 2. The van der Waals surface area contributed by atoms with Gasteiger partial charge < -0.3 is 30.7 Å². The molecule has 1 aromatic rings. The van der Waals surface area contributed by atoms with Crippen molar-refractivity contribution in [2.24, 2.45) is 5.73 Å². The van der Waals surface area contributed by atoms with Crippen LogP contribution in [0.5, 0.6) is 0 Å². The van der Waals surface area contributed by atoms with Crippen LogP contribution in [0.25, 0.3) is 0 Å². The number of nitrogens with two attached hydrogens (primary N) is 1. The van der Waals surface area contributed by atoms with E-state index in [4.69, 9.17) is 10.5 Å². The second-order valence-electron chi connectivity index (χ2n) is 9.45. The molecular weight excluding hydrogens is 456 g/mol. The third kappa shape index (κ3) is 8.58. The van der Waals surface area contributed by atoms with E-state index in [0.29, 0.717) is 18.4 Å². The van der Waals surface area contributed by atoms with Crippen LogP contribution in [0.4, 0.5) is 4.79 Å². The Kier molecular flexibility index (Phi) is 9.21.